The van der Waals surface area contributed by atoms with Gasteiger partial charge in [-0.15, -0.1) is 0 Å². The van der Waals surface area contributed by atoms with Gasteiger partial charge < -0.3 is 25.4 Å². The summed E-state index contributed by atoms with van der Waals surface area (Å²) in [7, 11) is 0. The first-order valence-corrected chi connectivity index (χ1v) is 13.0. The number of para-hydroxylation sites is 1. The quantitative estimate of drug-likeness (QED) is 0.405. The number of nitrogens with zero attached hydrogens (tertiary/aromatic N) is 1. The molecule has 3 N–H and O–H groups in total. The van der Waals surface area contributed by atoms with Crippen molar-refractivity contribution in [1.29, 1.82) is 0 Å². The summed E-state index contributed by atoms with van der Waals surface area (Å²) in [5.74, 6) is -0.987. The molecule has 2 rings (SSSR count). The molecule has 2 atom stereocenters. The third kappa shape index (κ3) is 7.73. The SMILES string of the molecule is Cc1cc(C(C(=O)Nc2c(C)cccc2C)N(C(=O)C(NC(=O)OC(C)(C)C)C(C)C)C(C)C)ccc1O. The maximum Gasteiger partial charge on any atom is 0.408 e. The Morgan fingerprint density at radius 2 is 1.50 bits per heavy atom. The van der Waals surface area contributed by atoms with Gasteiger partial charge in [0.05, 0.1) is 0 Å². The zero-order valence-electron chi connectivity index (χ0n) is 24.3. The summed E-state index contributed by atoms with van der Waals surface area (Å²) in [5.41, 5.74) is 2.87. The maximum absolute atomic E-state index is 14.1. The second-order valence-corrected chi connectivity index (χ2v) is 11.4. The molecule has 38 heavy (non-hydrogen) atoms. The molecule has 0 radical (unpaired) electrons. The van der Waals surface area contributed by atoms with Crippen molar-refractivity contribution in [1.82, 2.24) is 10.2 Å². The Balaban J connectivity index is 2.59. The van der Waals surface area contributed by atoms with Crippen LogP contribution in [-0.4, -0.2) is 45.6 Å². The van der Waals surface area contributed by atoms with Gasteiger partial charge in [-0.05, 0) is 95.7 Å². The van der Waals surface area contributed by atoms with Crippen LogP contribution in [0.25, 0.3) is 0 Å². The predicted octanol–water partition coefficient (Wildman–Crippen LogP) is 5.78. The van der Waals surface area contributed by atoms with E-state index in [9.17, 15) is 19.5 Å². The topological polar surface area (TPSA) is 108 Å². The molecule has 3 amide bonds. The molecule has 0 aliphatic rings. The van der Waals surface area contributed by atoms with E-state index in [1.54, 1.807) is 39.8 Å². The smallest absolute Gasteiger partial charge is 0.408 e. The first kappa shape index (κ1) is 30.7. The van der Waals surface area contributed by atoms with Crippen molar-refractivity contribution in [3.05, 3.63) is 58.7 Å². The summed E-state index contributed by atoms with van der Waals surface area (Å²) in [5, 5.41) is 15.9. The minimum Gasteiger partial charge on any atom is -0.508 e. The van der Waals surface area contributed by atoms with Crippen molar-refractivity contribution in [3.8, 4) is 5.75 Å². The van der Waals surface area contributed by atoms with Gasteiger partial charge in [0.1, 0.15) is 23.4 Å². The monoisotopic (exact) mass is 525 g/mol. The van der Waals surface area contributed by atoms with Gasteiger partial charge in [0.2, 0.25) is 5.91 Å². The minimum absolute atomic E-state index is 0.0942. The van der Waals surface area contributed by atoms with Crippen molar-refractivity contribution in [2.24, 2.45) is 5.92 Å². The molecule has 0 aromatic heterocycles. The highest BCUT2D eigenvalue weighted by molar-refractivity contribution is 6.00. The number of alkyl carbamates (subject to hydrolysis) is 1. The Morgan fingerprint density at radius 1 is 0.921 bits per heavy atom. The molecule has 0 aliphatic carbocycles. The number of carbonyl (C=O) groups is 3. The first-order chi connectivity index (χ1) is 17.5. The molecule has 0 bridgehead atoms. The Morgan fingerprint density at radius 3 is 1.97 bits per heavy atom. The second-order valence-electron chi connectivity index (χ2n) is 11.4. The lowest BCUT2D eigenvalue weighted by Crippen LogP contribution is -2.56. The van der Waals surface area contributed by atoms with Crippen LogP contribution in [-0.2, 0) is 14.3 Å². The number of phenolic OH excluding ortho intramolecular Hbond substituents is 1. The molecular formula is C30H43N3O5. The highest BCUT2D eigenvalue weighted by Crippen LogP contribution is 2.31. The summed E-state index contributed by atoms with van der Waals surface area (Å²) in [6, 6.07) is 8.26. The Labute approximate surface area is 226 Å². The van der Waals surface area contributed by atoms with Gasteiger partial charge in [-0.2, -0.15) is 0 Å². The average Bonchev–Trinajstić information content (AvgIpc) is 2.78. The molecule has 0 fully saturated rings. The van der Waals surface area contributed by atoms with E-state index in [1.165, 1.54) is 11.0 Å². The van der Waals surface area contributed by atoms with Gasteiger partial charge in [-0.25, -0.2) is 4.79 Å². The molecule has 8 nitrogen and oxygen atoms in total. The summed E-state index contributed by atoms with van der Waals surface area (Å²) < 4.78 is 5.41. The van der Waals surface area contributed by atoms with Gasteiger partial charge in [0, 0.05) is 11.7 Å². The molecule has 0 heterocycles. The van der Waals surface area contributed by atoms with Gasteiger partial charge in [-0.3, -0.25) is 9.59 Å². The molecule has 0 spiro atoms. The van der Waals surface area contributed by atoms with E-state index in [1.807, 2.05) is 59.7 Å². The lowest BCUT2D eigenvalue weighted by Gasteiger charge is -2.38. The Hall–Kier alpha value is -3.55. The van der Waals surface area contributed by atoms with Crippen molar-refractivity contribution in [2.45, 2.75) is 93.0 Å². The van der Waals surface area contributed by atoms with E-state index in [4.69, 9.17) is 4.74 Å². The van der Waals surface area contributed by atoms with Crippen LogP contribution < -0.4 is 10.6 Å². The molecular weight excluding hydrogens is 482 g/mol. The average molecular weight is 526 g/mol. The molecule has 2 unspecified atom stereocenters. The van der Waals surface area contributed by atoms with Crippen molar-refractivity contribution >= 4 is 23.6 Å². The molecule has 0 aliphatic heterocycles. The number of ether oxygens (including phenoxy) is 1. The van der Waals surface area contributed by atoms with Gasteiger partial charge in [0.25, 0.3) is 5.91 Å². The number of hydrogen-bond acceptors (Lipinski definition) is 5. The van der Waals surface area contributed by atoms with Crippen molar-refractivity contribution in [3.63, 3.8) is 0 Å². The van der Waals surface area contributed by atoms with Crippen LogP contribution >= 0.6 is 0 Å². The normalized spacial score (nSPS) is 13.2. The van der Waals surface area contributed by atoms with Crippen LogP contribution in [0, 0.1) is 26.7 Å². The van der Waals surface area contributed by atoms with Crippen LogP contribution in [0.2, 0.25) is 0 Å². The van der Waals surface area contributed by atoms with Gasteiger partial charge in [-0.1, -0.05) is 38.1 Å². The number of benzene rings is 2. The highest BCUT2D eigenvalue weighted by atomic mass is 16.6. The molecule has 0 saturated carbocycles. The fourth-order valence-electron chi connectivity index (χ4n) is 4.28. The number of amides is 3. The number of aromatic hydroxyl groups is 1. The largest absolute Gasteiger partial charge is 0.508 e. The zero-order chi connectivity index (χ0) is 28.9. The number of phenols is 1. The summed E-state index contributed by atoms with van der Waals surface area (Å²) in [6.45, 7) is 18.1. The summed E-state index contributed by atoms with van der Waals surface area (Å²) in [6.07, 6.45) is -0.703. The lowest BCUT2D eigenvalue weighted by atomic mass is 9.96. The van der Waals surface area contributed by atoms with Crippen LogP contribution in [0.3, 0.4) is 0 Å². The van der Waals surface area contributed by atoms with E-state index in [0.717, 1.165) is 11.1 Å². The fourth-order valence-corrected chi connectivity index (χ4v) is 4.28. The molecule has 208 valence electrons. The fraction of sp³-hybridized carbons (Fsp3) is 0.500. The van der Waals surface area contributed by atoms with Crippen molar-refractivity contribution in [2.75, 3.05) is 5.32 Å². The predicted molar refractivity (Wildman–Crippen MR) is 150 cm³/mol. The molecule has 0 saturated heterocycles. The van der Waals surface area contributed by atoms with Gasteiger partial charge in [0.15, 0.2) is 0 Å². The van der Waals surface area contributed by atoms with Gasteiger partial charge >= 0.3 is 6.09 Å². The third-order valence-electron chi connectivity index (χ3n) is 6.21. The van der Waals surface area contributed by atoms with E-state index in [-0.39, 0.29) is 11.7 Å². The number of rotatable bonds is 8. The number of hydrogen-bond donors (Lipinski definition) is 3. The molecule has 2 aromatic rings. The zero-order valence-corrected chi connectivity index (χ0v) is 24.3. The Bertz CT molecular complexity index is 1150. The van der Waals surface area contributed by atoms with Crippen LogP contribution in [0.1, 0.15) is 76.8 Å². The van der Waals surface area contributed by atoms with Crippen LogP contribution in [0.4, 0.5) is 10.5 Å². The summed E-state index contributed by atoms with van der Waals surface area (Å²) in [4.78, 5) is 42.2. The van der Waals surface area contributed by atoms with E-state index >= 15 is 0 Å². The number of aryl methyl sites for hydroxylation is 3. The van der Waals surface area contributed by atoms with E-state index in [2.05, 4.69) is 10.6 Å². The van der Waals surface area contributed by atoms with Crippen LogP contribution in [0.5, 0.6) is 5.75 Å². The number of carbonyl (C=O) groups excluding carboxylic acids is 3. The van der Waals surface area contributed by atoms with E-state index in [0.29, 0.717) is 16.8 Å². The van der Waals surface area contributed by atoms with Crippen LogP contribution in [0.15, 0.2) is 36.4 Å². The second kappa shape index (κ2) is 12.3. The number of nitrogens with one attached hydrogen (secondary N) is 2. The molecule has 8 heteroatoms. The standard InChI is InChI=1S/C30H43N3O5/c1-17(2)24(32-29(37)38-30(8,9)10)28(36)33(18(3)4)26(22-14-15-23(34)21(7)16-22)27(35)31-25-19(5)12-11-13-20(25)6/h11-18,24,26,34H,1-10H3,(H,31,35)(H,32,37). The minimum atomic E-state index is -1.03. The summed E-state index contributed by atoms with van der Waals surface area (Å²) >= 11 is 0. The maximum atomic E-state index is 14.1. The highest BCUT2D eigenvalue weighted by Gasteiger charge is 2.39. The number of anilines is 1. The molecule has 2 aromatic carbocycles. The lowest BCUT2D eigenvalue weighted by molar-refractivity contribution is -0.143. The Kier molecular flexibility index (Phi) is 9.95. The third-order valence-corrected chi connectivity index (χ3v) is 6.21. The van der Waals surface area contributed by atoms with Crippen molar-refractivity contribution < 1.29 is 24.2 Å². The first-order valence-electron chi connectivity index (χ1n) is 13.0. The van der Waals surface area contributed by atoms with E-state index < -0.39 is 41.6 Å².